The molecule has 0 N–H and O–H groups in total. The zero-order chi connectivity index (χ0) is 8.39. The Kier molecular flexibility index (Phi) is 1.83. The van der Waals surface area contributed by atoms with E-state index < -0.39 is 0 Å². The molecule has 3 heteroatoms. The van der Waals surface area contributed by atoms with Crippen LogP contribution in [0.25, 0.3) is 9.40 Å². The molecule has 0 aliphatic carbocycles. The molecule has 0 saturated heterocycles. The highest BCUT2D eigenvalue weighted by Crippen LogP contribution is 2.29. The number of nitriles is 1. The van der Waals surface area contributed by atoms with Gasteiger partial charge in [-0.25, -0.2) is 0 Å². The van der Waals surface area contributed by atoms with Gasteiger partial charge in [-0.2, -0.15) is 5.26 Å². The fraction of sp³-hybridized carbons (Fsp3) is 0. The van der Waals surface area contributed by atoms with Crippen molar-refractivity contribution < 1.29 is 0 Å². The smallest absolute Gasteiger partial charge is 0.152 e. The van der Waals surface area contributed by atoms with E-state index in [4.69, 9.17) is 5.26 Å². The molecule has 1 nitrogen and oxygen atoms in total. The SMILES string of the molecule is N#CC#Cc1cc2sccc2s1. The molecule has 2 heterocycles. The number of fused-ring (bicyclic) bond motifs is 1. The van der Waals surface area contributed by atoms with E-state index >= 15 is 0 Å². The van der Waals surface area contributed by atoms with Crippen LogP contribution >= 0.6 is 22.7 Å². The molecular weight excluding hydrogens is 186 g/mol. The minimum atomic E-state index is 0.971. The van der Waals surface area contributed by atoms with Crippen molar-refractivity contribution in [2.45, 2.75) is 0 Å². The lowest BCUT2D eigenvalue weighted by molar-refractivity contribution is 1.55. The van der Waals surface area contributed by atoms with Gasteiger partial charge in [0.05, 0.1) is 4.88 Å². The second kappa shape index (κ2) is 2.98. The molecule has 0 aliphatic heterocycles. The van der Waals surface area contributed by atoms with Gasteiger partial charge in [-0.05, 0) is 23.4 Å². The molecule has 0 aliphatic rings. The maximum atomic E-state index is 8.24. The molecule has 0 aromatic carbocycles. The van der Waals surface area contributed by atoms with Gasteiger partial charge in [0, 0.05) is 15.3 Å². The molecule has 56 valence electrons. The van der Waals surface area contributed by atoms with Gasteiger partial charge >= 0.3 is 0 Å². The first-order chi connectivity index (χ1) is 5.90. The molecule has 0 radical (unpaired) electrons. The van der Waals surface area contributed by atoms with E-state index in [0.29, 0.717) is 0 Å². The molecule has 0 bridgehead atoms. The molecule has 2 aromatic heterocycles. The maximum Gasteiger partial charge on any atom is 0.152 e. The summed E-state index contributed by atoms with van der Waals surface area (Å²) < 4.78 is 2.50. The van der Waals surface area contributed by atoms with E-state index in [1.165, 1.54) is 9.40 Å². The molecular formula is C9H3NS2. The van der Waals surface area contributed by atoms with Crippen LogP contribution in [0.3, 0.4) is 0 Å². The molecule has 12 heavy (non-hydrogen) atoms. The van der Waals surface area contributed by atoms with Crippen molar-refractivity contribution in [1.82, 2.24) is 0 Å². The van der Waals surface area contributed by atoms with Gasteiger partial charge in [-0.1, -0.05) is 0 Å². The molecule has 0 saturated carbocycles. The van der Waals surface area contributed by atoms with Crippen LogP contribution in [-0.4, -0.2) is 0 Å². The van der Waals surface area contributed by atoms with Crippen molar-refractivity contribution in [3.8, 4) is 17.9 Å². The summed E-state index contributed by atoms with van der Waals surface area (Å²) in [5, 5.41) is 10.3. The summed E-state index contributed by atoms with van der Waals surface area (Å²) in [4.78, 5) is 0.971. The average Bonchev–Trinajstić information content (AvgIpc) is 2.58. The Bertz CT molecular complexity index is 473. The molecule has 2 aromatic rings. The second-order valence-electron chi connectivity index (χ2n) is 2.12. The minimum Gasteiger partial charge on any atom is -0.183 e. The highest BCUT2D eigenvalue weighted by molar-refractivity contribution is 7.27. The normalized spacial score (nSPS) is 8.92. The van der Waals surface area contributed by atoms with E-state index in [-0.39, 0.29) is 0 Å². The summed E-state index contributed by atoms with van der Waals surface area (Å²) in [5.74, 6) is 5.17. The summed E-state index contributed by atoms with van der Waals surface area (Å²) in [6.45, 7) is 0. The summed E-state index contributed by atoms with van der Waals surface area (Å²) >= 11 is 3.33. The van der Waals surface area contributed by atoms with Crippen LogP contribution in [0.1, 0.15) is 4.88 Å². The van der Waals surface area contributed by atoms with Crippen molar-refractivity contribution in [3.05, 3.63) is 22.4 Å². The van der Waals surface area contributed by atoms with Gasteiger partial charge < -0.3 is 0 Å². The Labute approximate surface area is 77.9 Å². The number of rotatable bonds is 0. The van der Waals surface area contributed by atoms with E-state index in [9.17, 15) is 0 Å². The van der Waals surface area contributed by atoms with E-state index in [1.54, 1.807) is 28.7 Å². The Balaban J connectivity index is 2.53. The van der Waals surface area contributed by atoms with Crippen LogP contribution in [0.2, 0.25) is 0 Å². The Morgan fingerprint density at radius 2 is 2.25 bits per heavy atom. The number of nitrogens with zero attached hydrogens (tertiary/aromatic N) is 1. The lowest BCUT2D eigenvalue weighted by Gasteiger charge is -1.71. The maximum absolute atomic E-state index is 8.24. The van der Waals surface area contributed by atoms with E-state index in [2.05, 4.69) is 23.3 Å². The summed E-state index contributed by atoms with van der Waals surface area (Å²) in [5.41, 5.74) is 0. The molecule has 0 amide bonds. The van der Waals surface area contributed by atoms with Crippen LogP contribution in [-0.2, 0) is 0 Å². The fourth-order valence-electron chi connectivity index (χ4n) is 0.917. The van der Waals surface area contributed by atoms with Crippen LogP contribution in [0.15, 0.2) is 17.5 Å². The predicted molar refractivity (Wildman–Crippen MR) is 52.2 cm³/mol. The monoisotopic (exact) mass is 189 g/mol. The minimum absolute atomic E-state index is 0.971. The molecule has 0 spiro atoms. The summed E-state index contributed by atoms with van der Waals surface area (Å²) in [6.07, 6.45) is 0. The molecule has 2 rings (SSSR count). The zero-order valence-corrected chi connectivity index (χ0v) is 7.63. The van der Waals surface area contributed by atoms with Crippen LogP contribution in [0.4, 0.5) is 0 Å². The number of thiophene rings is 2. The third-order valence-electron chi connectivity index (χ3n) is 1.38. The van der Waals surface area contributed by atoms with Crippen LogP contribution in [0.5, 0.6) is 0 Å². The van der Waals surface area contributed by atoms with Crippen molar-refractivity contribution in [2.24, 2.45) is 0 Å². The third kappa shape index (κ3) is 1.21. The average molecular weight is 189 g/mol. The Morgan fingerprint density at radius 1 is 1.33 bits per heavy atom. The Hall–Kier alpha value is -1.29. The van der Waals surface area contributed by atoms with E-state index in [0.717, 1.165) is 4.88 Å². The molecule has 0 unspecified atom stereocenters. The van der Waals surface area contributed by atoms with Crippen molar-refractivity contribution in [1.29, 1.82) is 5.26 Å². The lowest BCUT2D eigenvalue weighted by atomic mass is 10.4. The summed E-state index contributed by atoms with van der Waals surface area (Å²) in [7, 11) is 0. The van der Waals surface area contributed by atoms with Crippen molar-refractivity contribution in [3.63, 3.8) is 0 Å². The zero-order valence-electron chi connectivity index (χ0n) is 6.00. The van der Waals surface area contributed by atoms with Gasteiger partial charge in [0.25, 0.3) is 0 Å². The standard InChI is InChI=1S/C9H3NS2/c10-4-1-2-7-6-9-8(12-7)3-5-11-9/h3,5-6H. The van der Waals surface area contributed by atoms with Gasteiger partial charge in [0.2, 0.25) is 0 Å². The van der Waals surface area contributed by atoms with Crippen molar-refractivity contribution in [2.75, 3.05) is 0 Å². The quantitative estimate of drug-likeness (QED) is 0.584. The first-order valence-electron chi connectivity index (χ1n) is 3.27. The number of hydrogen-bond acceptors (Lipinski definition) is 3. The van der Waals surface area contributed by atoms with Gasteiger partial charge in [-0.15, -0.1) is 22.7 Å². The largest absolute Gasteiger partial charge is 0.183 e. The van der Waals surface area contributed by atoms with Crippen LogP contribution in [0, 0.1) is 23.2 Å². The molecule has 0 fully saturated rings. The first-order valence-corrected chi connectivity index (χ1v) is 4.97. The Morgan fingerprint density at radius 3 is 3.00 bits per heavy atom. The van der Waals surface area contributed by atoms with Crippen LogP contribution < -0.4 is 0 Å². The van der Waals surface area contributed by atoms with Gasteiger partial charge in [-0.3, -0.25) is 0 Å². The van der Waals surface area contributed by atoms with E-state index in [1.807, 2.05) is 6.07 Å². The summed E-state index contributed by atoms with van der Waals surface area (Å²) in [6, 6.07) is 5.90. The third-order valence-corrected chi connectivity index (χ3v) is 3.39. The van der Waals surface area contributed by atoms with Gasteiger partial charge in [0.1, 0.15) is 0 Å². The lowest BCUT2D eigenvalue weighted by Crippen LogP contribution is -1.56. The second-order valence-corrected chi connectivity index (χ2v) is 4.15. The first kappa shape index (κ1) is 7.36. The topological polar surface area (TPSA) is 23.8 Å². The molecule has 0 atom stereocenters. The highest BCUT2D eigenvalue weighted by Gasteiger charge is 1.98. The van der Waals surface area contributed by atoms with Crippen molar-refractivity contribution >= 4 is 32.1 Å². The fourth-order valence-corrected chi connectivity index (χ4v) is 2.88. The van der Waals surface area contributed by atoms with Gasteiger partial charge in [0.15, 0.2) is 6.07 Å². The number of hydrogen-bond donors (Lipinski definition) is 0. The highest BCUT2D eigenvalue weighted by atomic mass is 32.1. The predicted octanol–water partition coefficient (Wildman–Crippen LogP) is 2.84.